The zero-order chi connectivity index (χ0) is 17.8. The monoisotopic (exact) mass is 353 g/mol. The van der Waals surface area contributed by atoms with Gasteiger partial charge in [0, 0.05) is 25.5 Å². The van der Waals surface area contributed by atoms with Crippen LogP contribution in [0, 0.1) is 0 Å². The van der Waals surface area contributed by atoms with Gasteiger partial charge in [-0.2, -0.15) is 5.10 Å². The Kier molecular flexibility index (Phi) is 5.07. The Morgan fingerprint density at radius 2 is 1.92 bits per heavy atom. The molecule has 138 valence electrons. The topological polar surface area (TPSA) is 56.2 Å². The Labute approximate surface area is 154 Å². The van der Waals surface area contributed by atoms with E-state index in [1.165, 1.54) is 24.1 Å². The molecule has 1 aromatic carbocycles. The Bertz CT molecular complexity index is 748. The lowest BCUT2D eigenvalue weighted by molar-refractivity contribution is -0.130. The molecule has 2 aliphatic rings. The van der Waals surface area contributed by atoms with Gasteiger partial charge in [-0.15, -0.1) is 0 Å². The van der Waals surface area contributed by atoms with Gasteiger partial charge in [0.25, 0.3) is 0 Å². The van der Waals surface area contributed by atoms with Crippen molar-refractivity contribution in [1.29, 1.82) is 0 Å². The van der Waals surface area contributed by atoms with Crippen molar-refractivity contribution in [3.05, 3.63) is 53.3 Å². The average Bonchev–Trinajstić information content (AvgIpc) is 3.12. The van der Waals surface area contributed by atoms with Crippen LogP contribution in [0.25, 0.3) is 0 Å². The van der Waals surface area contributed by atoms with Crippen molar-refractivity contribution >= 4 is 5.91 Å². The molecule has 1 saturated heterocycles. The summed E-state index contributed by atoms with van der Waals surface area (Å²) >= 11 is 0. The second-order valence-corrected chi connectivity index (χ2v) is 7.36. The third-order valence-electron chi connectivity index (χ3n) is 5.86. The number of nitrogens with zero attached hydrogens (tertiary/aromatic N) is 2. The SMILES string of the molecule is O=C(NCCn1ncc2c1CCCC2)C1(c2ccccc2)CCOCC1. The Balaban J connectivity index is 1.43. The molecule has 1 amide bonds. The molecule has 0 bridgehead atoms. The number of benzene rings is 1. The summed E-state index contributed by atoms with van der Waals surface area (Å²) in [7, 11) is 0. The first-order chi connectivity index (χ1) is 12.8. The van der Waals surface area contributed by atoms with Gasteiger partial charge in [-0.25, -0.2) is 0 Å². The van der Waals surface area contributed by atoms with Crippen LogP contribution >= 0.6 is 0 Å². The Hall–Kier alpha value is -2.14. The molecule has 4 rings (SSSR count). The van der Waals surface area contributed by atoms with Gasteiger partial charge in [-0.1, -0.05) is 30.3 Å². The van der Waals surface area contributed by atoms with Gasteiger partial charge < -0.3 is 10.1 Å². The number of hydrogen-bond donors (Lipinski definition) is 1. The van der Waals surface area contributed by atoms with E-state index >= 15 is 0 Å². The van der Waals surface area contributed by atoms with Gasteiger partial charge >= 0.3 is 0 Å². The van der Waals surface area contributed by atoms with Gasteiger partial charge in [0.1, 0.15) is 0 Å². The van der Waals surface area contributed by atoms with Crippen molar-refractivity contribution in [3.8, 4) is 0 Å². The van der Waals surface area contributed by atoms with Crippen LogP contribution in [-0.2, 0) is 34.3 Å². The molecule has 2 aromatic rings. The molecule has 1 fully saturated rings. The van der Waals surface area contributed by atoms with Crippen molar-refractivity contribution < 1.29 is 9.53 Å². The summed E-state index contributed by atoms with van der Waals surface area (Å²) in [5.41, 5.74) is 3.36. The summed E-state index contributed by atoms with van der Waals surface area (Å²) < 4.78 is 7.61. The van der Waals surface area contributed by atoms with Crippen molar-refractivity contribution in [2.24, 2.45) is 0 Å². The molecule has 26 heavy (non-hydrogen) atoms. The summed E-state index contributed by atoms with van der Waals surface area (Å²) in [5, 5.41) is 7.71. The van der Waals surface area contributed by atoms with Gasteiger partial charge in [-0.05, 0) is 49.7 Å². The molecular weight excluding hydrogens is 326 g/mol. The molecule has 0 radical (unpaired) electrons. The molecule has 1 aliphatic carbocycles. The first kappa shape index (κ1) is 17.3. The van der Waals surface area contributed by atoms with Crippen molar-refractivity contribution in [2.75, 3.05) is 19.8 Å². The van der Waals surface area contributed by atoms with Gasteiger partial charge in [-0.3, -0.25) is 9.48 Å². The maximum absolute atomic E-state index is 13.1. The van der Waals surface area contributed by atoms with E-state index in [1.54, 1.807) is 0 Å². The fourth-order valence-corrected chi connectivity index (χ4v) is 4.32. The highest BCUT2D eigenvalue weighted by Crippen LogP contribution is 2.35. The molecule has 0 saturated carbocycles. The molecule has 1 aromatic heterocycles. The summed E-state index contributed by atoms with van der Waals surface area (Å²) in [4.78, 5) is 13.1. The van der Waals surface area contributed by atoms with Gasteiger partial charge in [0.15, 0.2) is 0 Å². The predicted octanol–water partition coefficient (Wildman–Crippen LogP) is 2.63. The number of carbonyl (C=O) groups is 1. The number of carbonyl (C=O) groups excluding carboxylic acids is 1. The Morgan fingerprint density at radius 3 is 2.73 bits per heavy atom. The number of aryl methyl sites for hydroxylation is 1. The van der Waals surface area contributed by atoms with E-state index in [0.717, 1.165) is 37.8 Å². The minimum atomic E-state index is -0.469. The number of aromatic nitrogens is 2. The maximum Gasteiger partial charge on any atom is 0.230 e. The highest BCUT2D eigenvalue weighted by molar-refractivity contribution is 5.88. The largest absolute Gasteiger partial charge is 0.381 e. The summed E-state index contributed by atoms with van der Waals surface area (Å²) in [6.45, 7) is 2.62. The summed E-state index contributed by atoms with van der Waals surface area (Å²) in [5.74, 6) is 0.119. The van der Waals surface area contributed by atoms with E-state index in [4.69, 9.17) is 4.74 Å². The van der Waals surface area contributed by atoms with E-state index in [-0.39, 0.29) is 5.91 Å². The molecule has 0 spiro atoms. The van der Waals surface area contributed by atoms with Gasteiger partial charge in [0.05, 0.1) is 18.2 Å². The second kappa shape index (κ2) is 7.62. The molecule has 2 heterocycles. The smallest absolute Gasteiger partial charge is 0.230 e. The molecule has 5 heteroatoms. The van der Waals surface area contributed by atoms with E-state index in [2.05, 4.69) is 27.2 Å². The van der Waals surface area contributed by atoms with E-state index in [0.29, 0.717) is 19.8 Å². The van der Waals surface area contributed by atoms with E-state index in [1.807, 2.05) is 24.4 Å². The highest BCUT2D eigenvalue weighted by atomic mass is 16.5. The lowest BCUT2D eigenvalue weighted by atomic mass is 9.73. The Morgan fingerprint density at radius 1 is 1.15 bits per heavy atom. The third kappa shape index (κ3) is 3.28. The maximum atomic E-state index is 13.1. The zero-order valence-electron chi connectivity index (χ0n) is 15.2. The number of rotatable bonds is 5. The number of amides is 1. The van der Waals surface area contributed by atoms with Crippen LogP contribution in [0.4, 0.5) is 0 Å². The number of hydrogen-bond acceptors (Lipinski definition) is 3. The van der Waals surface area contributed by atoms with Crippen LogP contribution in [0.3, 0.4) is 0 Å². The van der Waals surface area contributed by atoms with E-state index in [9.17, 15) is 4.79 Å². The molecular formula is C21H27N3O2. The first-order valence-corrected chi connectivity index (χ1v) is 9.75. The standard InChI is InChI=1S/C21H27N3O2/c25-20(21(10-14-26-15-11-21)18-7-2-1-3-8-18)22-12-13-24-19-9-5-4-6-17(19)16-23-24/h1-3,7-8,16H,4-6,9-15H2,(H,22,25). The van der Waals surface area contributed by atoms with Gasteiger partial charge in [0.2, 0.25) is 5.91 Å². The fraction of sp³-hybridized carbons (Fsp3) is 0.524. The summed E-state index contributed by atoms with van der Waals surface area (Å²) in [6.07, 6.45) is 8.22. The molecule has 0 unspecified atom stereocenters. The minimum absolute atomic E-state index is 0.119. The van der Waals surface area contributed by atoms with Crippen LogP contribution in [0.2, 0.25) is 0 Å². The normalized spacial score (nSPS) is 18.9. The zero-order valence-corrected chi connectivity index (χ0v) is 15.2. The van der Waals surface area contributed by atoms with Crippen molar-refractivity contribution in [1.82, 2.24) is 15.1 Å². The van der Waals surface area contributed by atoms with Crippen LogP contribution in [0.15, 0.2) is 36.5 Å². The molecule has 0 atom stereocenters. The van der Waals surface area contributed by atoms with Crippen molar-refractivity contribution in [2.45, 2.75) is 50.5 Å². The molecule has 5 nitrogen and oxygen atoms in total. The first-order valence-electron chi connectivity index (χ1n) is 9.75. The van der Waals surface area contributed by atoms with E-state index < -0.39 is 5.41 Å². The lowest BCUT2D eigenvalue weighted by Crippen LogP contribution is -2.48. The van der Waals surface area contributed by atoms with Crippen LogP contribution in [0.5, 0.6) is 0 Å². The minimum Gasteiger partial charge on any atom is -0.381 e. The van der Waals surface area contributed by atoms with Crippen LogP contribution < -0.4 is 5.32 Å². The van der Waals surface area contributed by atoms with Crippen LogP contribution in [-0.4, -0.2) is 35.4 Å². The lowest BCUT2D eigenvalue weighted by Gasteiger charge is -2.36. The quantitative estimate of drug-likeness (QED) is 0.899. The number of nitrogens with one attached hydrogen (secondary N) is 1. The summed E-state index contributed by atoms with van der Waals surface area (Å²) in [6, 6.07) is 10.1. The molecule has 1 N–H and O–H groups in total. The number of ether oxygens (including phenoxy) is 1. The van der Waals surface area contributed by atoms with Crippen LogP contribution in [0.1, 0.15) is 42.5 Å². The van der Waals surface area contributed by atoms with Crippen molar-refractivity contribution in [3.63, 3.8) is 0 Å². The third-order valence-corrected chi connectivity index (χ3v) is 5.86. The predicted molar refractivity (Wildman–Crippen MR) is 100 cm³/mol. The highest BCUT2D eigenvalue weighted by Gasteiger charge is 2.41. The fourth-order valence-electron chi connectivity index (χ4n) is 4.32. The molecule has 1 aliphatic heterocycles. The average molecular weight is 353 g/mol. The second-order valence-electron chi connectivity index (χ2n) is 7.36. The number of fused-ring (bicyclic) bond motifs is 1.